The van der Waals surface area contributed by atoms with Gasteiger partial charge in [-0.1, -0.05) is 58.1 Å². The van der Waals surface area contributed by atoms with Crippen LogP contribution in [0.15, 0.2) is 42.6 Å². The molecular formula is C22H32N2O5S. The number of hydrogen-bond acceptors (Lipinski definition) is 7. The van der Waals surface area contributed by atoms with Gasteiger partial charge >= 0.3 is 5.97 Å². The lowest BCUT2D eigenvalue weighted by Gasteiger charge is -2.18. The van der Waals surface area contributed by atoms with Crippen LogP contribution in [0.3, 0.4) is 0 Å². The summed E-state index contributed by atoms with van der Waals surface area (Å²) < 4.78 is 10.0. The van der Waals surface area contributed by atoms with Crippen LogP contribution < -0.4 is 10.5 Å². The Labute approximate surface area is 183 Å². The summed E-state index contributed by atoms with van der Waals surface area (Å²) in [5.74, 6) is 0.851. The molecule has 166 valence electrons. The Kier molecular flexibility index (Phi) is 13.6. The van der Waals surface area contributed by atoms with Gasteiger partial charge in [-0.05, 0) is 24.5 Å². The van der Waals surface area contributed by atoms with Crippen molar-refractivity contribution in [2.24, 2.45) is 11.7 Å². The highest BCUT2D eigenvalue weighted by molar-refractivity contribution is 7.80. The number of rotatable bonds is 6. The number of para-hydroxylation sites is 1. The number of thiocarbonyl (C=S) groups is 1. The highest BCUT2D eigenvalue weighted by atomic mass is 32.1. The molecular weight excluding hydrogens is 404 g/mol. The fraction of sp³-hybridized carbons (Fsp3) is 0.409. The Hall–Kier alpha value is -2.87. The summed E-state index contributed by atoms with van der Waals surface area (Å²) in [7, 11) is 1.44. The van der Waals surface area contributed by atoms with E-state index in [4.69, 9.17) is 20.3 Å². The van der Waals surface area contributed by atoms with Gasteiger partial charge in [0.05, 0.1) is 7.11 Å². The average molecular weight is 437 g/mol. The van der Waals surface area contributed by atoms with Crippen molar-refractivity contribution >= 4 is 23.2 Å². The van der Waals surface area contributed by atoms with E-state index in [1.165, 1.54) is 19.4 Å². The van der Waals surface area contributed by atoms with Crippen LogP contribution in [-0.4, -0.2) is 39.4 Å². The summed E-state index contributed by atoms with van der Waals surface area (Å²) in [6.45, 7) is 7.98. The topological polar surface area (TPSA) is 115 Å². The quantitative estimate of drug-likeness (QED) is 0.456. The largest absolute Gasteiger partial charge is 0.508 e. The molecule has 0 saturated heterocycles. The molecule has 0 aliphatic carbocycles. The summed E-state index contributed by atoms with van der Waals surface area (Å²) in [6.07, 6.45) is 2.95. The van der Waals surface area contributed by atoms with Crippen LogP contribution in [0.1, 0.15) is 46.2 Å². The number of ether oxygens (including phenoxy) is 2. The number of aromatic hydroxyl groups is 2. The fourth-order valence-corrected chi connectivity index (χ4v) is 2.30. The van der Waals surface area contributed by atoms with E-state index in [-0.39, 0.29) is 28.5 Å². The number of phenols is 1. The zero-order valence-corrected chi connectivity index (χ0v) is 19.0. The third-order valence-electron chi connectivity index (χ3n) is 3.81. The summed E-state index contributed by atoms with van der Waals surface area (Å²) in [5, 5.41) is 18.0. The molecule has 0 saturated carbocycles. The Balaban J connectivity index is 0.000000434. The van der Waals surface area contributed by atoms with Crippen molar-refractivity contribution in [3.8, 4) is 17.2 Å². The van der Waals surface area contributed by atoms with E-state index in [2.05, 4.69) is 31.0 Å². The molecule has 0 amide bonds. The van der Waals surface area contributed by atoms with E-state index in [1.807, 2.05) is 19.9 Å². The molecule has 1 heterocycles. The number of nitrogens with two attached hydrogens (primary N) is 1. The minimum atomic E-state index is -0.118. The van der Waals surface area contributed by atoms with Gasteiger partial charge < -0.3 is 25.4 Å². The maximum atomic E-state index is 10.9. The molecule has 4 N–H and O–H groups in total. The van der Waals surface area contributed by atoms with E-state index in [9.17, 15) is 9.90 Å². The van der Waals surface area contributed by atoms with Crippen LogP contribution in [0.2, 0.25) is 0 Å². The molecule has 0 aliphatic heterocycles. The lowest BCUT2D eigenvalue weighted by atomic mass is 10.1. The molecule has 30 heavy (non-hydrogen) atoms. The van der Waals surface area contributed by atoms with Crippen molar-refractivity contribution < 1.29 is 24.5 Å². The molecule has 8 heteroatoms. The van der Waals surface area contributed by atoms with Gasteiger partial charge in [-0.2, -0.15) is 0 Å². The van der Waals surface area contributed by atoms with Crippen LogP contribution in [-0.2, 0) is 9.53 Å². The highest BCUT2D eigenvalue weighted by Crippen LogP contribution is 2.27. The second kappa shape index (κ2) is 15.0. The van der Waals surface area contributed by atoms with Gasteiger partial charge in [0, 0.05) is 18.7 Å². The molecule has 1 aromatic carbocycles. The number of carbonyl (C=O) groups excluding carboxylic acids is 1. The van der Waals surface area contributed by atoms with E-state index in [0.29, 0.717) is 23.8 Å². The first kappa shape index (κ1) is 27.1. The van der Waals surface area contributed by atoms with Crippen molar-refractivity contribution in [1.29, 1.82) is 0 Å². The third kappa shape index (κ3) is 10.6. The number of benzene rings is 1. The highest BCUT2D eigenvalue weighted by Gasteiger charge is 2.14. The molecule has 2 rings (SSSR count). The number of methoxy groups -OCH3 is 1. The molecule has 0 spiro atoms. The van der Waals surface area contributed by atoms with Gasteiger partial charge in [-0.25, -0.2) is 4.98 Å². The predicted octanol–water partition coefficient (Wildman–Crippen LogP) is 4.20. The molecule has 0 bridgehead atoms. The fourth-order valence-electron chi connectivity index (χ4n) is 2.15. The van der Waals surface area contributed by atoms with E-state index < -0.39 is 0 Å². The summed E-state index contributed by atoms with van der Waals surface area (Å²) >= 11 is 4.66. The smallest absolute Gasteiger partial charge is 0.305 e. The normalized spacial score (nSPS) is 10.6. The molecule has 0 radical (unpaired) electrons. The minimum absolute atomic E-state index is 0.0476. The first-order valence-corrected chi connectivity index (χ1v) is 10.0. The standard InChI is InChI=1S/C9H18O2.C7H8N2O2S.C6H6O/c1-5-8(7(3)4)11-9(10)6-2;1-11-4-2-3-9-5(6(4)10)7(8)12;7-6-4-2-1-3-5-6/h7-8H,5-6H2,1-4H3;2-3,10H,1H3,(H2,8,12);1-5,7H. The minimum Gasteiger partial charge on any atom is -0.508 e. The third-order valence-corrected chi connectivity index (χ3v) is 4.01. The van der Waals surface area contributed by atoms with E-state index in [0.717, 1.165) is 6.42 Å². The van der Waals surface area contributed by atoms with Gasteiger partial charge in [0.25, 0.3) is 0 Å². The Morgan fingerprint density at radius 3 is 2.13 bits per heavy atom. The average Bonchev–Trinajstić information content (AvgIpc) is 2.73. The van der Waals surface area contributed by atoms with Gasteiger partial charge in [0.1, 0.15) is 22.5 Å². The van der Waals surface area contributed by atoms with Crippen LogP contribution in [0.4, 0.5) is 0 Å². The van der Waals surface area contributed by atoms with Crippen molar-refractivity contribution in [1.82, 2.24) is 4.98 Å². The van der Waals surface area contributed by atoms with Gasteiger partial charge in [-0.3, -0.25) is 4.79 Å². The predicted molar refractivity (Wildman–Crippen MR) is 122 cm³/mol. The maximum absolute atomic E-state index is 10.9. The SMILES string of the molecule is CCC(=O)OC(CC)C(C)C.COc1ccnc(C(N)=S)c1O.Oc1ccccc1. The van der Waals surface area contributed by atoms with Crippen molar-refractivity contribution in [2.75, 3.05) is 7.11 Å². The maximum Gasteiger partial charge on any atom is 0.305 e. The monoisotopic (exact) mass is 436 g/mol. The lowest BCUT2D eigenvalue weighted by molar-refractivity contribution is -0.151. The van der Waals surface area contributed by atoms with E-state index >= 15 is 0 Å². The molecule has 1 unspecified atom stereocenters. The summed E-state index contributed by atoms with van der Waals surface area (Å²) in [5.41, 5.74) is 5.48. The molecule has 1 atom stereocenters. The van der Waals surface area contributed by atoms with Crippen LogP contribution in [0.25, 0.3) is 0 Å². The summed E-state index contributed by atoms with van der Waals surface area (Å²) in [4.78, 5) is 14.7. The van der Waals surface area contributed by atoms with Crippen LogP contribution in [0.5, 0.6) is 17.2 Å². The molecule has 0 aliphatic rings. The first-order valence-electron chi connectivity index (χ1n) is 9.62. The number of phenolic OH excluding ortho intramolecular Hbond substituents is 1. The molecule has 2 aromatic rings. The van der Waals surface area contributed by atoms with Crippen LogP contribution >= 0.6 is 12.2 Å². The van der Waals surface area contributed by atoms with Gasteiger partial charge in [0.2, 0.25) is 0 Å². The van der Waals surface area contributed by atoms with Gasteiger partial charge in [0.15, 0.2) is 11.5 Å². The van der Waals surface area contributed by atoms with Gasteiger partial charge in [-0.15, -0.1) is 0 Å². The Morgan fingerprint density at radius 1 is 1.17 bits per heavy atom. The Morgan fingerprint density at radius 2 is 1.77 bits per heavy atom. The number of esters is 1. The Bertz CT molecular complexity index is 769. The molecule has 0 fully saturated rings. The molecule has 1 aromatic heterocycles. The first-order chi connectivity index (χ1) is 14.2. The van der Waals surface area contributed by atoms with Crippen molar-refractivity contribution in [3.63, 3.8) is 0 Å². The zero-order chi connectivity index (χ0) is 23.1. The lowest BCUT2D eigenvalue weighted by Crippen LogP contribution is -2.22. The number of carbonyl (C=O) groups is 1. The van der Waals surface area contributed by atoms with Crippen molar-refractivity contribution in [3.05, 3.63) is 48.3 Å². The van der Waals surface area contributed by atoms with E-state index in [1.54, 1.807) is 24.3 Å². The number of aromatic nitrogens is 1. The zero-order valence-electron chi connectivity index (χ0n) is 18.2. The second-order valence-electron chi connectivity index (χ2n) is 6.44. The molecule has 7 nitrogen and oxygen atoms in total. The number of hydrogen-bond donors (Lipinski definition) is 3. The second-order valence-corrected chi connectivity index (χ2v) is 6.88. The number of nitrogens with zero attached hydrogens (tertiary/aromatic N) is 1. The number of pyridine rings is 1. The summed E-state index contributed by atoms with van der Waals surface area (Å²) in [6, 6.07) is 10.2. The van der Waals surface area contributed by atoms with Crippen LogP contribution in [0, 0.1) is 5.92 Å². The van der Waals surface area contributed by atoms with Crippen molar-refractivity contribution in [2.45, 2.75) is 46.6 Å².